The van der Waals surface area contributed by atoms with E-state index in [1.165, 1.54) is 23.2 Å². The first-order chi connectivity index (χ1) is 16.5. The number of benzene rings is 2. The number of halogens is 2. The molecule has 1 atom stereocenters. The molecule has 0 aliphatic carbocycles. The third-order valence-electron chi connectivity index (χ3n) is 5.41. The Kier molecular flexibility index (Phi) is 6.77. The van der Waals surface area contributed by atoms with E-state index in [1.807, 2.05) is 0 Å². The summed E-state index contributed by atoms with van der Waals surface area (Å²) in [5.74, 6) is -2.15. The van der Waals surface area contributed by atoms with Crippen LogP contribution in [0.2, 0.25) is 0 Å². The van der Waals surface area contributed by atoms with Crippen molar-refractivity contribution < 1.29 is 18.3 Å². The largest absolute Gasteiger partial charge is 0.454 e. The molecule has 2 heterocycles. The van der Waals surface area contributed by atoms with Gasteiger partial charge in [0, 0.05) is 25.0 Å². The lowest BCUT2D eigenvalue weighted by Crippen LogP contribution is -2.35. The van der Waals surface area contributed by atoms with Gasteiger partial charge in [0.15, 0.2) is 11.6 Å². The molecule has 2 aromatic carbocycles. The molecule has 1 fully saturated rings. The number of carbonyl (C=O) groups is 1. The summed E-state index contributed by atoms with van der Waals surface area (Å²) in [4.78, 5) is 29.4. The number of anilines is 3. The molecule has 3 aromatic rings. The third-order valence-corrected chi connectivity index (χ3v) is 5.41. The lowest BCUT2D eigenvalue weighted by atomic mass is 10.2. The summed E-state index contributed by atoms with van der Waals surface area (Å²) in [6, 6.07) is 11.6. The van der Waals surface area contributed by atoms with Gasteiger partial charge in [-0.15, -0.1) is 4.91 Å². The van der Waals surface area contributed by atoms with Crippen LogP contribution < -0.4 is 15.1 Å². The number of nitrogens with zero attached hydrogens (tertiary/aromatic N) is 4. The third kappa shape index (κ3) is 4.85. The molecule has 0 bridgehead atoms. The van der Waals surface area contributed by atoms with Crippen LogP contribution in [0.4, 0.5) is 25.8 Å². The van der Waals surface area contributed by atoms with E-state index >= 15 is 0 Å². The normalized spacial score (nSPS) is 15.0. The second-order valence-corrected chi connectivity index (χ2v) is 7.55. The highest BCUT2D eigenvalue weighted by Crippen LogP contribution is 2.33. The first kappa shape index (κ1) is 22.8. The van der Waals surface area contributed by atoms with Gasteiger partial charge in [0.2, 0.25) is 11.7 Å². The number of nitroso groups, excluding NO2 is 1. The van der Waals surface area contributed by atoms with Crippen LogP contribution in [0.3, 0.4) is 0 Å². The predicted octanol–water partition coefficient (Wildman–Crippen LogP) is 5.17. The van der Waals surface area contributed by atoms with Crippen molar-refractivity contribution >= 4 is 23.0 Å². The van der Waals surface area contributed by atoms with Gasteiger partial charge in [-0.2, -0.15) is 4.39 Å². The predicted molar refractivity (Wildman–Crippen MR) is 124 cm³/mol. The quantitative estimate of drug-likeness (QED) is 0.281. The number of nitrogens with one attached hydrogen (secondary N) is 1. The highest BCUT2D eigenvalue weighted by Gasteiger charge is 2.31. The summed E-state index contributed by atoms with van der Waals surface area (Å²) in [7, 11) is 0. The molecule has 1 N–H and O–H groups in total. The fourth-order valence-corrected chi connectivity index (χ4v) is 3.71. The van der Waals surface area contributed by atoms with E-state index in [4.69, 9.17) is 4.74 Å². The van der Waals surface area contributed by atoms with Crippen LogP contribution in [0.5, 0.6) is 11.5 Å². The van der Waals surface area contributed by atoms with Crippen LogP contribution in [-0.2, 0) is 4.79 Å². The van der Waals surface area contributed by atoms with Crippen LogP contribution >= 0.6 is 0 Å². The lowest BCUT2D eigenvalue weighted by Gasteiger charge is -2.25. The van der Waals surface area contributed by atoms with Crippen molar-refractivity contribution in [3.63, 3.8) is 0 Å². The summed E-state index contributed by atoms with van der Waals surface area (Å²) in [5, 5.41) is 7.72. The molecule has 1 saturated heterocycles. The smallest absolute Gasteiger partial charge is 0.246 e. The Labute approximate surface area is 194 Å². The number of aromatic nitrogens is 1. The number of hydrogen-bond donors (Lipinski definition) is 1. The minimum atomic E-state index is -1.06. The van der Waals surface area contributed by atoms with E-state index in [-0.39, 0.29) is 17.7 Å². The molecule has 1 unspecified atom stereocenters. The lowest BCUT2D eigenvalue weighted by molar-refractivity contribution is -0.125. The Morgan fingerprint density at radius 1 is 1.24 bits per heavy atom. The van der Waals surface area contributed by atoms with Gasteiger partial charge in [-0.25, -0.2) is 9.40 Å². The number of ether oxygens (including phenoxy) is 1. The number of rotatable bonds is 8. The topological polar surface area (TPSA) is 87.1 Å². The summed E-state index contributed by atoms with van der Waals surface area (Å²) in [6.07, 6.45) is 4.93. The Morgan fingerprint density at radius 3 is 2.76 bits per heavy atom. The molecular formula is C24H21F2N5O3. The Bertz CT molecular complexity index is 1210. The van der Waals surface area contributed by atoms with E-state index in [0.717, 1.165) is 6.07 Å². The van der Waals surface area contributed by atoms with Crippen molar-refractivity contribution in [1.82, 2.24) is 9.88 Å². The maximum Gasteiger partial charge on any atom is 0.246 e. The summed E-state index contributed by atoms with van der Waals surface area (Å²) in [5.41, 5.74) is 1.67. The van der Waals surface area contributed by atoms with Gasteiger partial charge in [-0.05, 0) is 55.0 Å². The fourth-order valence-electron chi connectivity index (χ4n) is 3.71. The summed E-state index contributed by atoms with van der Waals surface area (Å²) in [6.45, 7) is 4.35. The molecule has 174 valence electrons. The fraction of sp³-hybridized carbons (Fsp3) is 0.167. The van der Waals surface area contributed by atoms with Gasteiger partial charge in [-0.3, -0.25) is 9.78 Å². The van der Waals surface area contributed by atoms with Crippen molar-refractivity contribution in [2.45, 2.75) is 12.5 Å². The second-order valence-electron chi connectivity index (χ2n) is 7.55. The molecule has 1 aromatic heterocycles. The van der Waals surface area contributed by atoms with Crippen molar-refractivity contribution in [3.8, 4) is 11.5 Å². The van der Waals surface area contributed by atoms with Gasteiger partial charge in [0.25, 0.3) is 0 Å². The monoisotopic (exact) mass is 465 g/mol. The molecular weight excluding hydrogens is 444 g/mol. The van der Waals surface area contributed by atoms with Crippen LogP contribution in [0.1, 0.15) is 6.42 Å². The van der Waals surface area contributed by atoms with E-state index in [0.29, 0.717) is 42.3 Å². The molecule has 0 spiro atoms. The van der Waals surface area contributed by atoms with Gasteiger partial charge in [0.05, 0.1) is 28.9 Å². The van der Waals surface area contributed by atoms with Crippen molar-refractivity contribution in [2.24, 2.45) is 5.29 Å². The average Bonchev–Trinajstić information content (AvgIpc) is 3.34. The van der Waals surface area contributed by atoms with E-state index in [1.54, 1.807) is 47.6 Å². The van der Waals surface area contributed by atoms with Gasteiger partial charge in [-0.1, -0.05) is 12.6 Å². The number of likely N-dealkylation sites (tertiary alicyclic amines) is 1. The second kappa shape index (κ2) is 10.1. The summed E-state index contributed by atoms with van der Waals surface area (Å²) >= 11 is 0. The highest BCUT2D eigenvalue weighted by atomic mass is 19.2. The minimum absolute atomic E-state index is 0.193. The average molecular weight is 465 g/mol. The number of pyridine rings is 1. The number of carbonyl (C=O) groups excluding carboxylic acids is 1. The zero-order valence-electron chi connectivity index (χ0n) is 18.0. The Hall–Kier alpha value is -4.34. The maximum atomic E-state index is 13.8. The van der Waals surface area contributed by atoms with Crippen LogP contribution in [0, 0.1) is 16.5 Å². The van der Waals surface area contributed by atoms with Crippen LogP contribution in [-0.4, -0.2) is 34.9 Å². The SMILES string of the molecule is C=CC(=O)N1CCC(N(N=O)c2ccncc2Nc2ccc(Oc3cccc(F)c3F)cc2)C1. The first-order valence-corrected chi connectivity index (χ1v) is 10.5. The van der Waals surface area contributed by atoms with Gasteiger partial charge in [0.1, 0.15) is 5.75 Å². The molecule has 34 heavy (non-hydrogen) atoms. The number of amides is 1. The van der Waals surface area contributed by atoms with Gasteiger partial charge < -0.3 is 15.0 Å². The zero-order valence-corrected chi connectivity index (χ0v) is 18.0. The first-order valence-electron chi connectivity index (χ1n) is 10.5. The summed E-state index contributed by atoms with van der Waals surface area (Å²) < 4.78 is 32.6. The standard InChI is InChI=1S/C24H21F2N5O3/c1-2-23(32)30-13-11-17(15-30)31(29-33)21-10-12-27-14-20(21)28-16-6-8-18(9-7-16)34-22-5-3-4-19(25)24(22)26/h2-10,12,14,17,28H,1,11,13,15H2. The van der Waals surface area contributed by atoms with Crippen molar-refractivity contribution in [2.75, 3.05) is 23.4 Å². The molecule has 1 amide bonds. The van der Waals surface area contributed by atoms with Crippen molar-refractivity contribution in [3.05, 3.63) is 90.1 Å². The van der Waals surface area contributed by atoms with Crippen molar-refractivity contribution in [1.29, 1.82) is 0 Å². The van der Waals surface area contributed by atoms with Crippen LogP contribution in [0.15, 0.2) is 78.9 Å². The minimum Gasteiger partial charge on any atom is -0.454 e. The Balaban J connectivity index is 1.49. The Morgan fingerprint density at radius 2 is 2.03 bits per heavy atom. The molecule has 1 aliphatic heterocycles. The molecule has 8 nitrogen and oxygen atoms in total. The molecule has 10 heteroatoms. The van der Waals surface area contributed by atoms with E-state index in [9.17, 15) is 18.5 Å². The molecule has 0 radical (unpaired) electrons. The number of hydrogen-bond acceptors (Lipinski definition) is 6. The highest BCUT2D eigenvalue weighted by molar-refractivity contribution is 5.87. The molecule has 4 rings (SSSR count). The van der Waals surface area contributed by atoms with E-state index in [2.05, 4.69) is 22.2 Å². The zero-order chi connectivity index (χ0) is 24.1. The van der Waals surface area contributed by atoms with Crippen LogP contribution in [0.25, 0.3) is 0 Å². The van der Waals surface area contributed by atoms with Gasteiger partial charge >= 0.3 is 0 Å². The molecule has 0 saturated carbocycles. The van der Waals surface area contributed by atoms with E-state index < -0.39 is 11.6 Å². The maximum absolute atomic E-state index is 13.8. The molecule has 1 aliphatic rings.